The van der Waals surface area contributed by atoms with Gasteiger partial charge in [0.05, 0.1) is 0 Å². The third-order valence-electron chi connectivity index (χ3n) is 3.42. The van der Waals surface area contributed by atoms with Crippen LogP contribution >= 0.6 is 0 Å². The van der Waals surface area contributed by atoms with Gasteiger partial charge in [0.25, 0.3) is 0 Å². The van der Waals surface area contributed by atoms with Gasteiger partial charge in [-0.3, -0.25) is 0 Å². The summed E-state index contributed by atoms with van der Waals surface area (Å²) < 4.78 is 5.91. The molecule has 1 rings (SSSR count). The van der Waals surface area contributed by atoms with E-state index >= 15 is 0 Å². The highest BCUT2D eigenvalue weighted by molar-refractivity contribution is 5.31. The Morgan fingerprint density at radius 3 is 2.16 bits per heavy atom. The van der Waals surface area contributed by atoms with Crippen LogP contribution in [0.25, 0.3) is 0 Å². The van der Waals surface area contributed by atoms with Crippen molar-refractivity contribution in [3.05, 3.63) is 29.8 Å². The molecule has 0 amide bonds. The van der Waals surface area contributed by atoms with Crippen molar-refractivity contribution in [3.63, 3.8) is 0 Å². The van der Waals surface area contributed by atoms with Crippen molar-refractivity contribution < 1.29 is 4.74 Å². The van der Waals surface area contributed by atoms with Gasteiger partial charge < -0.3 is 10.1 Å². The molecular weight excluding hydrogens is 234 g/mol. The summed E-state index contributed by atoms with van der Waals surface area (Å²) in [6.07, 6.45) is 1.34. The Morgan fingerprint density at radius 1 is 1.11 bits per heavy atom. The van der Waals surface area contributed by atoms with Crippen molar-refractivity contribution in [1.82, 2.24) is 5.32 Å². The summed E-state index contributed by atoms with van der Waals surface area (Å²) >= 11 is 0. The van der Waals surface area contributed by atoms with E-state index in [9.17, 15) is 0 Å². The molecule has 0 aliphatic heterocycles. The molecule has 2 unspecified atom stereocenters. The molecular formula is C17H29NO. The van der Waals surface area contributed by atoms with Gasteiger partial charge in [0, 0.05) is 12.6 Å². The van der Waals surface area contributed by atoms with E-state index in [2.05, 4.69) is 71.1 Å². The molecule has 108 valence electrons. The second-order valence-corrected chi connectivity index (χ2v) is 6.42. The van der Waals surface area contributed by atoms with Crippen LogP contribution in [0.2, 0.25) is 0 Å². The van der Waals surface area contributed by atoms with Crippen LogP contribution in [-0.4, -0.2) is 18.7 Å². The van der Waals surface area contributed by atoms with Gasteiger partial charge in [-0.15, -0.1) is 0 Å². The molecule has 0 heterocycles. The Morgan fingerprint density at radius 2 is 1.68 bits per heavy atom. The number of hydrogen-bond donors (Lipinski definition) is 1. The maximum absolute atomic E-state index is 5.91. The normalized spacial score (nSPS) is 15.1. The number of benzene rings is 1. The number of rotatable bonds is 6. The molecule has 19 heavy (non-hydrogen) atoms. The molecule has 1 aromatic carbocycles. The quantitative estimate of drug-likeness (QED) is 0.833. The Kier molecular flexibility index (Phi) is 5.86. The summed E-state index contributed by atoms with van der Waals surface area (Å²) in [4.78, 5) is 0. The van der Waals surface area contributed by atoms with Crippen molar-refractivity contribution >= 4 is 0 Å². The van der Waals surface area contributed by atoms with E-state index in [1.54, 1.807) is 0 Å². The van der Waals surface area contributed by atoms with E-state index in [0.29, 0.717) is 6.04 Å². The van der Waals surface area contributed by atoms with Crippen LogP contribution in [0.4, 0.5) is 0 Å². The van der Waals surface area contributed by atoms with Gasteiger partial charge in [-0.25, -0.2) is 0 Å². The predicted octanol–water partition coefficient (Wildman–Crippen LogP) is 4.14. The minimum Gasteiger partial charge on any atom is -0.489 e. The van der Waals surface area contributed by atoms with Crippen LogP contribution in [0.3, 0.4) is 0 Å². The Balaban J connectivity index is 2.49. The smallest absolute Gasteiger partial charge is 0.119 e. The van der Waals surface area contributed by atoms with Crippen LogP contribution in [0.5, 0.6) is 5.75 Å². The summed E-state index contributed by atoms with van der Waals surface area (Å²) in [5.74, 6) is 0.950. The topological polar surface area (TPSA) is 21.3 Å². The Bertz CT molecular complexity index is 364. The predicted molar refractivity (Wildman–Crippen MR) is 83.0 cm³/mol. The molecule has 0 aromatic heterocycles. The third kappa shape index (κ3) is 5.65. The van der Waals surface area contributed by atoms with Crippen molar-refractivity contribution in [3.8, 4) is 5.75 Å². The zero-order chi connectivity index (χ0) is 14.5. The fourth-order valence-corrected chi connectivity index (χ4v) is 1.82. The first-order valence-electron chi connectivity index (χ1n) is 7.33. The molecule has 0 radical (unpaired) electrons. The lowest BCUT2D eigenvalue weighted by molar-refractivity contribution is 0.212. The average molecular weight is 263 g/mol. The Hall–Kier alpha value is -1.02. The van der Waals surface area contributed by atoms with Gasteiger partial charge >= 0.3 is 0 Å². The summed E-state index contributed by atoms with van der Waals surface area (Å²) in [5, 5.41) is 3.46. The molecule has 1 N–H and O–H groups in total. The minimum absolute atomic E-state index is 0.189. The lowest BCUT2D eigenvalue weighted by atomic mass is 9.87. The van der Waals surface area contributed by atoms with E-state index in [4.69, 9.17) is 4.74 Å². The monoisotopic (exact) mass is 263 g/mol. The van der Waals surface area contributed by atoms with E-state index < -0.39 is 0 Å². The van der Waals surface area contributed by atoms with Crippen molar-refractivity contribution in [2.75, 3.05) is 6.54 Å². The largest absolute Gasteiger partial charge is 0.489 e. The van der Waals surface area contributed by atoms with Crippen LogP contribution in [-0.2, 0) is 5.41 Å². The summed E-state index contributed by atoms with van der Waals surface area (Å²) in [7, 11) is 0. The van der Waals surface area contributed by atoms with Gasteiger partial charge in [-0.1, -0.05) is 39.8 Å². The average Bonchev–Trinajstić information content (AvgIpc) is 2.35. The summed E-state index contributed by atoms with van der Waals surface area (Å²) in [6.45, 7) is 14.0. The van der Waals surface area contributed by atoms with Crippen molar-refractivity contribution in [2.45, 2.75) is 65.5 Å². The maximum Gasteiger partial charge on any atom is 0.119 e. The fourth-order valence-electron chi connectivity index (χ4n) is 1.82. The van der Waals surface area contributed by atoms with Crippen LogP contribution in [0.1, 0.15) is 53.5 Å². The van der Waals surface area contributed by atoms with Gasteiger partial charge in [-0.05, 0) is 43.4 Å². The van der Waals surface area contributed by atoms with Gasteiger partial charge in [-0.2, -0.15) is 0 Å². The SMILES string of the molecule is CCC(C)NCC(C)Oc1ccc(C(C)(C)C)cc1. The fraction of sp³-hybridized carbons (Fsp3) is 0.647. The molecule has 2 atom stereocenters. The molecule has 0 spiro atoms. The lowest BCUT2D eigenvalue weighted by Gasteiger charge is -2.21. The highest BCUT2D eigenvalue weighted by Gasteiger charge is 2.13. The summed E-state index contributed by atoms with van der Waals surface area (Å²) in [6, 6.07) is 9.00. The standard InChI is InChI=1S/C17H29NO/c1-7-13(2)18-12-14(3)19-16-10-8-15(9-11-16)17(4,5)6/h8-11,13-14,18H,7,12H2,1-6H3. The lowest BCUT2D eigenvalue weighted by Crippen LogP contribution is -2.34. The molecule has 2 heteroatoms. The van der Waals surface area contributed by atoms with Crippen LogP contribution in [0.15, 0.2) is 24.3 Å². The molecule has 0 aliphatic rings. The second-order valence-electron chi connectivity index (χ2n) is 6.42. The first kappa shape index (κ1) is 16.0. The molecule has 1 aromatic rings. The van der Waals surface area contributed by atoms with Crippen molar-refractivity contribution in [1.29, 1.82) is 0 Å². The zero-order valence-corrected chi connectivity index (χ0v) is 13.3. The Labute approximate surface area is 118 Å². The first-order chi connectivity index (χ1) is 8.82. The van der Waals surface area contributed by atoms with Crippen molar-refractivity contribution in [2.24, 2.45) is 0 Å². The molecule has 0 aliphatic carbocycles. The molecule has 2 nitrogen and oxygen atoms in total. The summed E-state index contributed by atoms with van der Waals surface area (Å²) in [5.41, 5.74) is 1.53. The minimum atomic E-state index is 0.189. The molecule has 0 fully saturated rings. The highest BCUT2D eigenvalue weighted by atomic mass is 16.5. The number of hydrogen-bond acceptors (Lipinski definition) is 2. The molecule has 0 saturated heterocycles. The first-order valence-corrected chi connectivity index (χ1v) is 7.33. The molecule has 0 bridgehead atoms. The molecule has 0 saturated carbocycles. The third-order valence-corrected chi connectivity index (χ3v) is 3.42. The number of ether oxygens (including phenoxy) is 1. The van der Waals surface area contributed by atoms with Crippen LogP contribution < -0.4 is 10.1 Å². The maximum atomic E-state index is 5.91. The van der Waals surface area contributed by atoms with E-state index in [0.717, 1.165) is 18.7 Å². The van der Waals surface area contributed by atoms with E-state index in [1.165, 1.54) is 5.56 Å². The zero-order valence-electron chi connectivity index (χ0n) is 13.3. The highest BCUT2D eigenvalue weighted by Crippen LogP contribution is 2.24. The van der Waals surface area contributed by atoms with Crippen LogP contribution in [0, 0.1) is 0 Å². The van der Waals surface area contributed by atoms with Gasteiger partial charge in [0.2, 0.25) is 0 Å². The van der Waals surface area contributed by atoms with Gasteiger partial charge in [0.1, 0.15) is 11.9 Å². The second kappa shape index (κ2) is 6.95. The van der Waals surface area contributed by atoms with E-state index in [1.807, 2.05) is 0 Å². The van der Waals surface area contributed by atoms with E-state index in [-0.39, 0.29) is 11.5 Å². The van der Waals surface area contributed by atoms with Gasteiger partial charge in [0.15, 0.2) is 0 Å². The number of nitrogens with one attached hydrogen (secondary N) is 1.